The highest BCUT2D eigenvalue weighted by atomic mass is 16.5. The van der Waals surface area contributed by atoms with E-state index in [0.717, 1.165) is 0 Å². The second-order valence-corrected chi connectivity index (χ2v) is 4.26. The molecule has 1 aromatic rings. The molecule has 0 atom stereocenters. The number of hydrogen-bond donors (Lipinski definition) is 1. The van der Waals surface area contributed by atoms with Gasteiger partial charge in [-0.15, -0.1) is 0 Å². The van der Waals surface area contributed by atoms with Crippen LogP contribution in [0.2, 0.25) is 0 Å². The number of carbonyl (C=O) groups is 2. The molecule has 0 spiro atoms. The van der Waals surface area contributed by atoms with Gasteiger partial charge in [0.25, 0.3) is 0 Å². The topological polar surface area (TPSA) is 79.2 Å². The summed E-state index contributed by atoms with van der Waals surface area (Å²) in [6, 6.07) is 8.43. The maximum atomic E-state index is 11.9. The Morgan fingerprint density at radius 3 is 2.61 bits per heavy atom. The summed E-state index contributed by atoms with van der Waals surface area (Å²) in [5.41, 5.74) is -0.378. The van der Waals surface area contributed by atoms with Crippen molar-refractivity contribution in [2.45, 2.75) is 13.8 Å². The molecule has 0 aromatic heterocycles. The predicted molar refractivity (Wildman–Crippen MR) is 65.6 cm³/mol. The van der Waals surface area contributed by atoms with Crippen molar-refractivity contribution in [1.29, 1.82) is 5.26 Å². The van der Waals surface area contributed by atoms with Crippen molar-refractivity contribution in [2.75, 3.05) is 12.4 Å². The van der Waals surface area contributed by atoms with Crippen molar-refractivity contribution in [3.8, 4) is 6.07 Å². The van der Waals surface area contributed by atoms with E-state index in [0.29, 0.717) is 11.3 Å². The minimum atomic E-state index is -1.28. The Morgan fingerprint density at radius 1 is 1.39 bits per heavy atom. The number of anilines is 1. The van der Waals surface area contributed by atoms with Crippen LogP contribution in [0.3, 0.4) is 0 Å². The van der Waals surface area contributed by atoms with Crippen molar-refractivity contribution in [1.82, 2.24) is 0 Å². The SMILES string of the molecule is COC(=O)C(C)(C)C(=O)Nc1cccc(C#N)c1. The summed E-state index contributed by atoms with van der Waals surface area (Å²) in [6.45, 7) is 2.95. The molecule has 0 aliphatic heterocycles. The van der Waals surface area contributed by atoms with Crippen LogP contribution in [0.5, 0.6) is 0 Å². The molecule has 18 heavy (non-hydrogen) atoms. The summed E-state index contributed by atoms with van der Waals surface area (Å²) in [5.74, 6) is -1.10. The third-order valence-electron chi connectivity index (χ3n) is 2.51. The van der Waals surface area contributed by atoms with Gasteiger partial charge in [0.1, 0.15) is 5.41 Å². The van der Waals surface area contributed by atoms with E-state index in [1.54, 1.807) is 18.2 Å². The molecule has 1 rings (SSSR count). The molecule has 0 fully saturated rings. The van der Waals surface area contributed by atoms with Gasteiger partial charge in [0.05, 0.1) is 18.7 Å². The first-order valence-electron chi connectivity index (χ1n) is 5.32. The van der Waals surface area contributed by atoms with E-state index in [2.05, 4.69) is 10.1 Å². The van der Waals surface area contributed by atoms with Gasteiger partial charge in [-0.2, -0.15) is 5.26 Å². The number of ether oxygens (including phenoxy) is 1. The zero-order valence-corrected chi connectivity index (χ0v) is 10.5. The van der Waals surface area contributed by atoms with Crippen LogP contribution in [0.4, 0.5) is 5.69 Å². The van der Waals surface area contributed by atoms with Crippen molar-refractivity contribution in [3.05, 3.63) is 29.8 Å². The second kappa shape index (κ2) is 5.32. The Kier molecular flexibility index (Phi) is 4.05. The third kappa shape index (κ3) is 2.86. The summed E-state index contributed by atoms with van der Waals surface area (Å²) in [6.07, 6.45) is 0. The average Bonchev–Trinajstić information content (AvgIpc) is 2.37. The minimum absolute atomic E-state index is 0.434. The molecule has 1 aromatic carbocycles. The molecule has 0 aliphatic carbocycles. The maximum Gasteiger partial charge on any atom is 0.320 e. The molecule has 0 heterocycles. The number of benzene rings is 1. The number of amides is 1. The molecule has 5 heteroatoms. The van der Waals surface area contributed by atoms with Crippen molar-refractivity contribution in [2.24, 2.45) is 5.41 Å². The number of hydrogen-bond acceptors (Lipinski definition) is 4. The molecule has 5 nitrogen and oxygen atoms in total. The Bertz CT molecular complexity index is 515. The lowest BCUT2D eigenvalue weighted by atomic mass is 9.92. The fourth-order valence-corrected chi connectivity index (χ4v) is 1.30. The first-order chi connectivity index (χ1) is 8.41. The van der Waals surface area contributed by atoms with Crippen LogP contribution in [0, 0.1) is 16.7 Å². The van der Waals surface area contributed by atoms with E-state index in [9.17, 15) is 9.59 Å². The highest BCUT2D eigenvalue weighted by Crippen LogP contribution is 2.20. The number of esters is 1. The molecular formula is C13H14N2O3. The summed E-state index contributed by atoms with van der Waals surface area (Å²) < 4.78 is 4.57. The molecule has 0 unspecified atom stereocenters. The van der Waals surface area contributed by atoms with Gasteiger partial charge in [-0.3, -0.25) is 9.59 Å². The van der Waals surface area contributed by atoms with Crippen LogP contribution in [-0.2, 0) is 14.3 Å². The average molecular weight is 246 g/mol. The molecule has 1 N–H and O–H groups in total. The number of nitrogens with zero attached hydrogens (tertiary/aromatic N) is 1. The van der Waals surface area contributed by atoms with Gasteiger partial charge in [-0.25, -0.2) is 0 Å². The lowest BCUT2D eigenvalue weighted by Crippen LogP contribution is -2.38. The number of nitrogens with one attached hydrogen (secondary N) is 1. The second-order valence-electron chi connectivity index (χ2n) is 4.26. The van der Waals surface area contributed by atoms with Gasteiger partial charge >= 0.3 is 5.97 Å². The van der Waals surface area contributed by atoms with Gasteiger partial charge in [0.2, 0.25) is 5.91 Å². The highest BCUT2D eigenvalue weighted by Gasteiger charge is 2.37. The Hall–Kier alpha value is -2.35. The fourth-order valence-electron chi connectivity index (χ4n) is 1.30. The van der Waals surface area contributed by atoms with E-state index in [1.807, 2.05) is 6.07 Å². The number of methoxy groups -OCH3 is 1. The standard InChI is InChI=1S/C13H14N2O3/c1-13(2,12(17)18-3)11(16)15-10-6-4-5-9(7-10)8-14/h4-7H,1-3H3,(H,15,16). The molecule has 0 saturated carbocycles. The first kappa shape index (κ1) is 13.7. The quantitative estimate of drug-likeness (QED) is 0.650. The summed E-state index contributed by atoms with van der Waals surface area (Å²) in [7, 11) is 1.23. The van der Waals surface area contributed by atoms with Crippen LogP contribution >= 0.6 is 0 Å². The van der Waals surface area contributed by atoms with E-state index < -0.39 is 17.3 Å². The number of nitriles is 1. The molecule has 1 amide bonds. The van der Waals surface area contributed by atoms with Crippen LogP contribution < -0.4 is 5.32 Å². The summed E-state index contributed by atoms with van der Waals surface area (Å²) in [4.78, 5) is 23.4. The molecule has 0 aliphatic rings. The van der Waals surface area contributed by atoms with Crippen molar-refractivity contribution in [3.63, 3.8) is 0 Å². The van der Waals surface area contributed by atoms with Gasteiger partial charge in [-0.1, -0.05) is 6.07 Å². The Labute approximate surface area is 105 Å². The number of rotatable bonds is 3. The van der Waals surface area contributed by atoms with E-state index in [-0.39, 0.29) is 0 Å². The Balaban J connectivity index is 2.88. The highest BCUT2D eigenvalue weighted by molar-refractivity contribution is 6.08. The summed E-state index contributed by atoms with van der Waals surface area (Å²) in [5, 5.41) is 11.3. The monoisotopic (exact) mass is 246 g/mol. The lowest BCUT2D eigenvalue weighted by Gasteiger charge is -2.20. The molecule has 0 saturated heterocycles. The van der Waals surface area contributed by atoms with Crippen LogP contribution in [-0.4, -0.2) is 19.0 Å². The van der Waals surface area contributed by atoms with Gasteiger partial charge < -0.3 is 10.1 Å². The van der Waals surface area contributed by atoms with Crippen molar-refractivity contribution < 1.29 is 14.3 Å². The molecule has 0 bridgehead atoms. The molecular weight excluding hydrogens is 232 g/mol. The maximum absolute atomic E-state index is 11.9. The van der Waals surface area contributed by atoms with Crippen LogP contribution in [0.25, 0.3) is 0 Å². The first-order valence-corrected chi connectivity index (χ1v) is 5.32. The third-order valence-corrected chi connectivity index (χ3v) is 2.51. The van der Waals surface area contributed by atoms with E-state index in [4.69, 9.17) is 5.26 Å². The molecule has 94 valence electrons. The fraction of sp³-hybridized carbons (Fsp3) is 0.308. The van der Waals surface area contributed by atoms with Gasteiger partial charge in [0, 0.05) is 5.69 Å². The van der Waals surface area contributed by atoms with Crippen LogP contribution in [0.15, 0.2) is 24.3 Å². The lowest BCUT2D eigenvalue weighted by molar-refractivity contribution is -0.154. The van der Waals surface area contributed by atoms with E-state index >= 15 is 0 Å². The Morgan fingerprint density at radius 2 is 2.06 bits per heavy atom. The van der Waals surface area contributed by atoms with E-state index in [1.165, 1.54) is 27.0 Å². The summed E-state index contributed by atoms with van der Waals surface area (Å²) >= 11 is 0. The predicted octanol–water partition coefficient (Wildman–Crippen LogP) is 1.70. The number of carbonyl (C=O) groups excluding carboxylic acids is 2. The smallest absolute Gasteiger partial charge is 0.320 e. The van der Waals surface area contributed by atoms with Gasteiger partial charge in [0.15, 0.2) is 0 Å². The largest absolute Gasteiger partial charge is 0.468 e. The van der Waals surface area contributed by atoms with Gasteiger partial charge in [-0.05, 0) is 32.0 Å². The zero-order chi connectivity index (χ0) is 13.8. The minimum Gasteiger partial charge on any atom is -0.468 e. The normalized spacial score (nSPS) is 10.3. The van der Waals surface area contributed by atoms with Crippen molar-refractivity contribution >= 4 is 17.6 Å². The zero-order valence-electron chi connectivity index (χ0n) is 10.5. The molecule has 0 radical (unpaired) electrons. The van der Waals surface area contributed by atoms with Crippen LogP contribution in [0.1, 0.15) is 19.4 Å².